The number of amides is 1. The van der Waals surface area contributed by atoms with Gasteiger partial charge >= 0.3 is 5.97 Å². The average Bonchev–Trinajstić information content (AvgIpc) is 2.72. The molecule has 1 fully saturated rings. The number of nitrogens with one attached hydrogen (secondary N) is 1. The Kier molecular flexibility index (Phi) is 5.83. The summed E-state index contributed by atoms with van der Waals surface area (Å²) in [5.74, 6) is 0.0554. The van der Waals surface area contributed by atoms with E-state index in [0.717, 1.165) is 32.1 Å². The molecular weight excluding hydrogens is 242 g/mol. The van der Waals surface area contributed by atoms with Gasteiger partial charge in [-0.05, 0) is 24.7 Å². The molecule has 19 heavy (non-hydrogen) atoms. The molecule has 1 aliphatic carbocycles. The van der Waals surface area contributed by atoms with Gasteiger partial charge in [0.05, 0.1) is 12.0 Å². The summed E-state index contributed by atoms with van der Waals surface area (Å²) in [7, 11) is 0. The maximum atomic E-state index is 12.2. The fourth-order valence-electron chi connectivity index (χ4n) is 3.12. The van der Waals surface area contributed by atoms with Gasteiger partial charge in [-0.15, -0.1) is 0 Å². The van der Waals surface area contributed by atoms with E-state index in [-0.39, 0.29) is 12.3 Å². The zero-order valence-electron chi connectivity index (χ0n) is 12.4. The first-order valence-corrected chi connectivity index (χ1v) is 7.41. The molecule has 0 heterocycles. The summed E-state index contributed by atoms with van der Waals surface area (Å²) in [6, 6.07) is 0. The molecule has 4 nitrogen and oxygen atoms in total. The van der Waals surface area contributed by atoms with E-state index in [4.69, 9.17) is 5.11 Å². The Labute approximate surface area is 116 Å². The molecule has 0 spiro atoms. The molecule has 110 valence electrons. The van der Waals surface area contributed by atoms with Crippen LogP contribution >= 0.6 is 0 Å². The third-order valence-electron chi connectivity index (χ3n) is 4.37. The average molecular weight is 269 g/mol. The zero-order valence-corrected chi connectivity index (χ0v) is 12.4. The number of carboxylic acid groups (broad SMARTS) is 1. The van der Waals surface area contributed by atoms with E-state index in [1.165, 1.54) is 0 Å². The van der Waals surface area contributed by atoms with Gasteiger partial charge in [0.2, 0.25) is 5.91 Å². The van der Waals surface area contributed by atoms with Gasteiger partial charge in [0.1, 0.15) is 0 Å². The van der Waals surface area contributed by atoms with Crippen molar-refractivity contribution in [3.63, 3.8) is 0 Å². The molecule has 0 saturated heterocycles. The van der Waals surface area contributed by atoms with Crippen LogP contribution < -0.4 is 5.32 Å². The minimum absolute atomic E-state index is 0.0173. The van der Waals surface area contributed by atoms with Crippen LogP contribution in [0.5, 0.6) is 0 Å². The number of rotatable bonds is 7. The molecule has 0 aromatic rings. The largest absolute Gasteiger partial charge is 0.481 e. The quantitative estimate of drug-likeness (QED) is 0.746. The number of carboxylic acids is 1. The molecule has 4 heteroatoms. The number of aliphatic carboxylic acids is 1. The predicted octanol–water partition coefficient (Wildman–Crippen LogP) is 2.96. The minimum atomic E-state index is -0.821. The van der Waals surface area contributed by atoms with Crippen LogP contribution in [0.25, 0.3) is 0 Å². The molecular formula is C15H27NO3. The van der Waals surface area contributed by atoms with E-state index >= 15 is 0 Å². The molecule has 0 aromatic heterocycles. The highest BCUT2D eigenvalue weighted by atomic mass is 16.4. The maximum absolute atomic E-state index is 12.2. The Balaban J connectivity index is 2.59. The van der Waals surface area contributed by atoms with Crippen molar-refractivity contribution in [1.82, 2.24) is 5.32 Å². The van der Waals surface area contributed by atoms with E-state index in [9.17, 15) is 9.59 Å². The van der Waals surface area contributed by atoms with E-state index in [1.807, 2.05) is 0 Å². The fourth-order valence-corrected chi connectivity index (χ4v) is 3.12. The van der Waals surface area contributed by atoms with Crippen molar-refractivity contribution < 1.29 is 14.7 Å². The van der Waals surface area contributed by atoms with Crippen molar-refractivity contribution in [2.75, 3.05) is 0 Å². The Bertz CT molecular complexity index is 319. The molecule has 0 radical (unpaired) electrons. The zero-order chi connectivity index (χ0) is 14.5. The summed E-state index contributed by atoms with van der Waals surface area (Å²) < 4.78 is 0. The van der Waals surface area contributed by atoms with E-state index < -0.39 is 11.5 Å². The lowest BCUT2D eigenvalue weighted by Crippen LogP contribution is -2.48. The smallest absolute Gasteiger partial charge is 0.305 e. The van der Waals surface area contributed by atoms with Crippen LogP contribution in [0.4, 0.5) is 0 Å². The SMILES string of the molecule is CCC(CC(=O)NC1(CC(=O)O)CCCC1)C(C)C. The number of carbonyl (C=O) groups is 2. The molecule has 1 atom stereocenters. The van der Waals surface area contributed by atoms with Gasteiger partial charge in [0.15, 0.2) is 0 Å². The van der Waals surface area contributed by atoms with Gasteiger partial charge < -0.3 is 10.4 Å². The lowest BCUT2D eigenvalue weighted by Gasteiger charge is -2.30. The maximum Gasteiger partial charge on any atom is 0.305 e. The van der Waals surface area contributed by atoms with Crippen molar-refractivity contribution in [2.24, 2.45) is 11.8 Å². The van der Waals surface area contributed by atoms with Crippen LogP contribution in [0.3, 0.4) is 0 Å². The first kappa shape index (κ1) is 16.0. The minimum Gasteiger partial charge on any atom is -0.481 e. The molecule has 1 saturated carbocycles. The van der Waals surface area contributed by atoms with Gasteiger partial charge in [-0.25, -0.2) is 0 Å². The normalized spacial score (nSPS) is 19.4. The van der Waals surface area contributed by atoms with Gasteiger partial charge in [-0.2, -0.15) is 0 Å². The van der Waals surface area contributed by atoms with Crippen LogP contribution in [0.15, 0.2) is 0 Å². The number of hydrogen-bond acceptors (Lipinski definition) is 2. The molecule has 1 amide bonds. The second-order valence-corrected chi connectivity index (χ2v) is 6.22. The van der Waals surface area contributed by atoms with Gasteiger partial charge in [0.25, 0.3) is 0 Å². The summed E-state index contributed by atoms with van der Waals surface area (Å²) in [4.78, 5) is 23.1. The molecule has 1 rings (SSSR count). The van der Waals surface area contributed by atoms with Gasteiger partial charge in [-0.3, -0.25) is 9.59 Å². The van der Waals surface area contributed by atoms with Gasteiger partial charge in [0, 0.05) is 6.42 Å². The summed E-state index contributed by atoms with van der Waals surface area (Å²) in [5, 5.41) is 12.0. The van der Waals surface area contributed by atoms with E-state index in [2.05, 4.69) is 26.1 Å². The van der Waals surface area contributed by atoms with Crippen molar-refractivity contribution in [3.05, 3.63) is 0 Å². The Morgan fingerprint density at radius 3 is 2.26 bits per heavy atom. The Morgan fingerprint density at radius 2 is 1.84 bits per heavy atom. The lowest BCUT2D eigenvalue weighted by molar-refractivity contribution is -0.139. The Hall–Kier alpha value is -1.06. The molecule has 0 aliphatic heterocycles. The van der Waals surface area contributed by atoms with Crippen LogP contribution in [0, 0.1) is 11.8 Å². The standard InChI is InChI=1S/C15H27NO3/c1-4-12(11(2)3)9-13(17)16-15(10-14(18)19)7-5-6-8-15/h11-12H,4-10H2,1-3H3,(H,16,17)(H,18,19). The van der Waals surface area contributed by atoms with Crippen molar-refractivity contribution >= 4 is 11.9 Å². The van der Waals surface area contributed by atoms with Gasteiger partial charge in [-0.1, -0.05) is 40.0 Å². The predicted molar refractivity (Wildman–Crippen MR) is 74.8 cm³/mol. The highest BCUT2D eigenvalue weighted by Gasteiger charge is 2.37. The van der Waals surface area contributed by atoms with Crippen molar-refractivity contribution in [1.29, 1.82) is 0 Å². The molecule has 2 N–H and O–H groups in total. The monoisotopic (exact) mass is 269 g/mol. The number of carbonyl (C=O) groups excluding carboxylic acids is 1. The van der Waals surface area contributed by atoms with Crippen LogP contribution in [0.2, 0.25) is 0 Å². The molecule has 1 unspecified atom stereocenters. The number of hydrogen-bond donors (Lipinski definition) is 2. The summed E-state index contributed by atoms with van der Waals surface area (Å²) in [6.45, 7) is 6.36. The topological polar surface area (TPSA) is 66.4 Å². The first-order chi connectivity index (χ1) is 8.88. The summed E-state index contributed by atoms with van der Waals surface area (Å²) in [5.41, 5.74) is -0.488. The molecule has 0 bridgehead atoms. The third-order valence-corrected chi connectivity index (χ3v) is 4.37. The summed E-state index contributed by atoms with van der Waals surface area (Å²) >= 11 is 0. The van der Waals surface area contributed by atoms with Crippen LogP contribution in [-0.4, -0.2) is 22.5 Å². The second-order valence-electron chi connectivity index (χ2n) is 6.22. The van der Waals surface area contributed by atoms with Crippen molar-refractivity contribution in [2.45, 2.75) is 71.3 Å². The Morgan fingerprint density at radius 1 is 1.26 bits per heavy atom. The third kappa shape index (κ3) is 4.84. The van der Waals surface area contributed by atoms with E-state index in [0.29, 0.717) is 18.3 Å². The highest BCUT2D eigenvalue weighted by Crippen LogP contribution is 2.33. The lowest BCUT2D eigenvalue weighted by atomic mass is 9.88. The highest BCUT2D eigenvalue weighted by molar-refractivity contribution is 5.78. The van der Waals surface area contributed by atoms with Crippen LogP contribution in [0.1, 0.15) is 65.7 Å². The van der Waals surface area contributed by atoms with E-state index in [1.54, 1.807) is 0 Å². The second kappa shape index (κ2) is 6.92. The van der Waals surface area contributed by atoms with Crippen molar-refractivity contribution in [3.8, 4) is 0 Å². The molecule has 1 aliphatic rings. The van der Waals surface area contributed by atoms with Crippen LogP contribution in [-0.2, 0) is 9.59 Å². The summed E-state index contributed by atoms with van der Waals surface area (Å²) in [6.07, 6.45) is 5.15. The first-order valence-electron chi connectivity index (χ1n) is 7.41. The fraction of sp³-hybridized carbons (Fsp3) is 0.867. The molecule has 0 aromatic carbocycles.